The largest absolute Gasteiger partial charge is 0.484 e. The van der Waals surface area contributed by atoms with E-state index in [2.05, 4.69) is 5.32 Å². The number of amides is 2. The molecule has 0 aromatic heterocycles. The van der Waals surface area contributed by atoms with Crippen molar-refractivity contribution in [3.63, 3.8) is 0 Å². The summed E-state index contributed by atoms with van der Waals surface area (Å²) >= 11 is 18.5. The number of hydrogen-bond donors (Lipinski definition) is 1. The molecule has 8 heteroatoms. The first-order chi connectivity index (χ1) is 17.7. The van der Waals surface area contributed by atoms with Gasteiger partial charge >= 0.3 is 0 Å². The fourth-order valence-corrected chi connectivity index (χ4v) is 4.20. The minimum absolute atomic E-state index is 0.0407. The Morgan fingerprint density at radius 3 is 2.27 bits per heavy atom. The quantitative estimate of drug-likeness (QED) is 0.277. The number of carbonyl (C=O) groups excluding carboxylic acids is 2. The minimum Gasteiger partial charge on any atom is -0.484 e. The molecule has 3 aromatic rings. The molecule has 37 heavy (non-hydrogen) atoms. The van der Waals surface area contributed by atoms with E-state index in [1.807, 2.05) is 51.1 Å². The number of carbonyl (C=O) groups is 2. The molecule has 5 nitrogen and oxygen atoms in total. The van der Waals surface area contributed by atoms with Crippen LogP contribution in [0.2, 0.25) is 15.1 Å². The molecule has 0 aliphatic rings. The molecule has 0 aliphatic carbocycles. The standard InChI is InChI=1S/C29H31Cl3N2O3/c1-4-20(3)33-29(36)27(16-21-8-6-5-7-9-21)34(17-22-10-12-25(31)26(32)15-22)28(35)18-37-23-11-13-24(30)19(2)14-23/h5-15,20,27H,4,16-18H2,1-3H3,(H,33,36)/t20-,27+/m1/s1. The van der Waals surface area contributed by atoms with Gasteiger partial charge in [0.25, 0.3) is 5.91 Å². The predicted octanol–water partition coefficient (Wildman–Crippen LogP) is 6.89. The van der Waals surface area contributed by atoms with Crippen LogP contribution < -0.4 is 10.1 Å². The molecule has 0 heterocycles. The summed E-state index contributed by atoms with van der Waals surface area (Å²) in [6, 6.07) is 19.2. The van der Waals surface area contributed by atoms with Crippen molar-refractivity contribution in [2.45, 2.75) is 52.2 Å². The van der Waals surface area contributed by atoms with Crippen molar-refractivity contribution >= 4 is 46.6 Å². The number of nitrogens with zero attached hydrogens (tertiary/aromatic N) is 1. The third-order valence-electron chi connectivity index (χ3n) is 6.10. The SMILES string of the molecule is CC[C@@H](C)NC(=O)[C@H](Cc1ccccc1)N(Cc1ccc(Cl)c(Cl)c1)C(=O)COc1ccc(Cl)c(C)c1. The highest BCUT2D eigenvalue weighted by Gasteiger charge is 2.31. The van der Waals surface area contributed by atoms with Gasteiger partial charge in [0.05, 0.1) is 10.0 Å². The molecule has 0 saturated heterocycles. The van der Waals surface area contributed by atoms with E-state index in [0.717, 1.165) is 23.1 Å². The molecule has 0 radical (unpaired) electrons. The summed E-state index contributed by atoms with van der Waals surface area (Å²) in [5, 5.41) is 4.45. The number of ether oxygens (including phenoxy) is 1. The van der Waals surface area contributed by atoms with Crippen molar-refractivity contribution in [1.82, 2.24) is 10.2 Å². The molecular weight excluding hydrogens is 531 g/mol. The second kappa shape index (κ2) is 13.7. The van der Waals surface area contributed by atoms with Crippen LogP contribution in [-0.2, 0) is 22.6 Å². The zero-order chi connectivity index (χ0) is 26.9. The highest BCUT2D eigenvalue weighted by molar-refractivity contribution is 6.42. The molecule has 3 rings (SSSR count). The van der Waals surface area contributed by atoms with Crippen molar-refractivity contribution in [3.8, 4) is 5.75 Å². The Kier molecular flexibility index (Phi) is 10.7. The molecule has 0 unspecified atom stereocenters. The van der Waals surface area contributed by atoms with E-state index >= 15 is 0 Å². The lowest BCUT2D eigenvalue weighted by Crippen LogP contribution is -2.53. The summed E-state index contributed by atoms with van der Waals surface area (Å²) in [7, 11) is 0. The third kappa shape index (κ3) is 8.39. The number of hydrogen-bond acceptors (Lipinski definition) is 3. The molecule has 2 amide bonds. The maximum Gasteiger partial charge on any atom is 0.261 e. The molecule has 1 N–H and O–H groups in total. The molecule has 196 valence electrons. The van der Waals surface area contributed by atoms with Crippen LogP contribution in [-0.4, -0.2) is 35.4 Å². The second-order valence-electron chi connectivity index (χ2n) is 8.99. The number of halogens is 3. The van der Waals surface area contributed by atoms with E-state index in [0.29, 0.717) is 27.2 Å². The van der Waals surface area contributed by atoms with Crippen LogP contribution in [0.1, 0.15) is 37.0 Å². The van der Waals surface area contributed by atoms with Gasteiger partial charge in [-0.2, -0.15) is 0 Å². The molecule has 0 fully saturated rings. The smallest absolute Gasteiger partial charge is 0.261 e. The van der Waals surface area contributed by atoms with Crippen molar-refractivity contribution < 1.29 is 14.3 Å². The number of nitrogens with one attached hydrogen (secondary N) is 1. The van der Waals surface area contributed by atoms with Gasteiger partial charge in [-0.1, -0.05) is 78.1 Å². The van der Waals surface area contributed by atoms with Crippen LogP contribution >= 0.6 is 34.8 Å². The monoisotopic (exact) mass is 560 g/mol. The molecular formula is C29H31Cl3N2O3. The first-order valence-corrected chi connectivity index (χ1v) is 13.3. The molecule has 0 saturated carbocycles. The zero-order valence-corrected chi connectivity index (χ0v) is 23.4. The number of benzene rings is 3. The molecule has 0 aliphatic heterocycles. The summed E-state index contributed by atoms with van der Waals surface area (Å²) in [4.78, 5) is 28.7. The van der Waals surface area contributed by atoms with Crippen LogP contribution in [0.25, 0.3) is 0 Å². The van der Waals surface area contributed by atoms with Crippen LogP contribution in [0, 0.1) is 6.92 Å². The van der Waals surface area contributed by atoms with Crippen molar-refractivity contribution in [2.75, 3.05) is 6.61 Å². The fraction of sp³-hybridized carbons (Fsp3) is 0.310. The van der Waals surface area contributed by atoms with Crippen LogP contribution in [0.3, 0.4) is 0 Å². The Morgan fingerprint density at radius 2 is 1.62 bits per heavy atom. The second-order valence-corrected chi connectivity index (χ2v) is 10.2. The lowest BCUT2D eigenvalue weighted by Gasteiger charge is -2.32. The number of rotatable bonds is 11. The lowest BCUT2D eigenvalue weighted by molar-refractivity contribution is -0.143. The van der Waals surface area contributed by atoms with E-state index in [-0.39, 0.29) is 31.0 Å². The molecule has 2 atom stereocenters. The van der Waals surface area contributed by atoms with Crippen molar-refractivity contribution in [2.24, 2.45) is 0 Å². The Hall–Kier alpha value is -2.73. The van der Waals surface area contributed by atoms with Crippen LogP contribution in [0.5, 0.6) is 5.75 Å². The highest BCUT2D eigenvalue weighted by atomic mass is 35.5. The molecule has 0 bridgehead atoms. The molecule has 0 spiro atoms. The predicted molar refractivity (Wildman–Crippen MR) is 151 cm³/mol. The lowest BCUT2D eigenvalue weighted by atomic mass is 10.0. The van der Waals surface area contributed by atoms with Gasteiger partial charge in [0.2, 0.25) is 5.91 Å². The maximum absolute atomic E-state index is 13.7. The first kappa shape index (κ1) is 28.8. The van der Waals surface area contributed by atoms with Crippen molar-refractivity contribution in [3.05, 3.63) is 98.5 Å². The maximum atomic E-state index is 13.7. The Bertz CT molecular complexity index is 1220. The topological polar surface area (TPSA) is 58.6 Å². The Morgan fingerprint density at radius 1 is 0.919 bits per heavy atom. The van der Waals surface area contributed by atoms with Gasteiger partial charge in [-0.25, -0.2) is 0 Å². The fourth-order valence-electron chi connectivity index (χ4n) is 3.76. The average Bonchev–Trinajstić information content (AvgIpc) is 2.89. The first-order valence-electron chi connectivity index (χ1n) is 12.1. The average molecular weight is 562 g/mol. The summed E-state index contributed by atoms with van der Waals surface area (Å²) in [5.41, 5.74) is 2.53. The van der Waals surface area contributed by atoms with Gasteiger partial charge in [-0.15, -0.1) is 0 Å². The van der Waals surface area contributed by atoms with Gasteiger partial charge < -0.3 is 15.0 Å². The molecule has 3 aromatic carbocycles. The van der Waals surface area contributed by atoms with Gasteiger partial charge in [0.1, 0.15) is 11.8 Å². The van der Waals surface area contributed by atoms with E-state index in [1.165, 1.54) is 0 Å². The van der Waals surface area contributed by atoms with Crippen molar-refractivity contribution in [1.29, 1.82) is 0 Å². The summed E-state index contributed by atoms with van der Waals surface area (Å²) in [5.74, 6) is -0.0405. The van der Waals surface area contributed by atoms with Crippen LogP contribution in [0.4, 0.5) is 0 Å². The summed E-state index contributed by atoms with van der Waals surface area (Å²) in [6.07, 6.45) is 1.11. The number of aryl methyl sites for hydroxylation is 1. The zero-order valence-electron chi connectivity index (χ0n) is 21.1. The highest BCUT2D eigenvalue weighted by Crippen LogP contribution is 2.25. The van der Waals surface area contributed by atoms with Gasteiger partial charge in [-0.3, -0.25) is 9.59 Å². The summed E-state index contributed by atoms with van der Waals surface area (Å²) < 4.78 is 5.82. The van der Waals surface area contributed by atoms with E-state index in [4.69, 9.17) is 39.5 Å². The Labute approximate surface area is 233 Å². The van der Waals surface area contributed by atoms with E-state index in [1.54, 1.807) is 41.3 Å². The third-order valence-corrected chi connectivity index (χ3v) is 7.26. The minimum atomic E-state index is -0.770. The summed E-state index contributed by atoms with van der Waals surface area (Å²) in [6.45, 7) is 5.71. The van der Waals surface area contributed by atoms with E-state index in [9.17, 15) is 9.59 Å². The Balaban J connectivity index is 1.93. The van der Waals surface area contributed by atoms with Gasteiger partial charge in [0, 0.05) is 24.0 Å². The van der Waals surface area contributed by atoms with Gasteiger partial charge in [-0.05, 0) is 67.3 Å². The normalized spacial score (nSPS) is 12.5. The van der Waals surface area contributed by atoms with Crippen LogP contribution in [0.15, 0.2) is 66.7 Å². The van der Waals surface area contributed by atoms with Gasteiger partial charge in [0.15, 0.2) is 6.61 Å². The van der Waals surface area contributed by atoms with E-state index < -0.39 is 6.04 Å².